The maximum Gasteiger partial charge on any atom is 0.164 e. The Morgan fingerprint density at radius 3 is 2.79 bits per heavy atom. The van der Waals surface area contributed by atoms with Crippen LogP contribution in [0.4, 0.5) is 0 Å². The first kappa shape index (κ1) is 13.4. The molecular formula is C16H19NO2. The van der Waals surface area contributed by atoms with Gasteiger partial charge in [-0.2, -0.15) is 0 Å². The second-order valence-electron chi connectivity index (χ2n) is 4.56. The highest BCUT2D eigenvalue weighted by atomic mass is 16.5. The molecule has 100 valence electrons. The third-order valence-electron chi connectivity index (χ3n) is 3.09. The molecule has 2 rings (SSSR count). The summed E-state index contributed by atoms with van der Waals surface area (Å²) in [5.74, 6) is 1.08. The van der Waals surface area contributed by atoms with Crippen LogP contribution >= 0.6 is 0 Å². The normalized spacial score (nSPS) is 10.4. The number of methoxy groups -OCH3 is 1. The van der Waals surface area contributed by atoms with Crippen LogP contribution < -0.4 is 4.74 Å². The molecule has 0 bridgehead atoms. The first-order valence-electron chi connectivity index (χ1n) is 6.55. The van der Waals surface area contributed by atoms with Crippen LogP contribution in [0.1, 0.15) is 35.7 Å². The van der Waals surface area contributed by atoms with Crippen molar-refractivity contribution in [2.75, 3.05) is 7.11 Å². The number of ether oxygens (including phenoxy) is 1. The number of para-hydroxylation sites is 1. The number of ketones is 1. The summed E-state index contributed by atoms with van der Waals surface area (Å²) in [6, 6.07) is 9.81. The molecule has 2 aromatic rings. The van der Waals surface area contributed by atoms with Gasteiger partial charge in [0.25, 0.3) is 0 Å². The topological polar surface area (TPSA) is 31.2 Å². The van der Waals surface area contributed by atoms with Gasteiger partial charge in [0.1, 0.15) is 5.75 Å². The van der Waals surface area contributed by atoms with E-state index in [9.17, 15) is 4.79 Å². The van der Waals surface area contributed by atoms with Crippen LogP contribution in [-0.2, 0) is 6.54 Å². The maximum atomic E-state index is 11.8. The van der Waals surface area contributed by atoms with E-state index in [0.29, 0.717) is 13.0 Å². The van der Waals surface area contributed by atoms with Crippen molar-refractivity contribution in [1.29, 1.82) is 0 Å². The lowest BCUT2D eigenvalue weighted by Crippen LogP contribution is -2.00. The minimum absolute atomic E-state index is 0.210. The third kappa shape index (κ3) is 3.25. The fourth-order valence-electron chi connectivity index (χ4n) is 2.11. The zero-order valence-electron chi connectivity index (χ0n) is 11.4. The molecule has 0 aliphatic heterocycles. The zero-order chi connectivity index (χ0) is 13.7. The van der Waals surface area contributed by atoms with Gasteiger partial charge in [-0.05, 0) is 18.6 Å². The van der Waals surface area contributed by atoms with Crippen molar-refractivity contribution in [3.63, 3.8) is 0 Å². The van der Waals surface area contributed by atoms with Gasteiger partial charge in [0, 0.05) is 29.9 Å². The van der Waals surface area contributed by atoms with E-state index in [0.717, 1.165) is 23.3 Å². The molecule has 3 heteroatoms. The van der Waals surface area contributed by atoms with Gasteiger partial charge in [0.05, 0.1) is 13.7 Å². The van der Waals surface area contributed by atoms with Crippen LogP contribution in [0.15, 0.2) is 42.7 Å². The average Bonchev–Trinajstić information content (AvgIpc) is 2.88. The molecule has 0 unspecified atom stereocenters. The molecule has 3 nitrogen and oxygen atoms in total. The number of rotatable bonds is 6. The Labute approximate surface area is 113 Å². The average molecular weight is 257 g/mol. The van der Waals surface area contributed by atoms with E-state index in [4.69, 9.17) is 4.74 Å². The number of hydrogen-bond acceptors (Lipinski definition) is 2. The number of carbonyl (C=O) groups excluding carboxylic acids is 1. The van der Waals surface area contributed by atoms with Crippen LogP contribution in [0.3, 0.4) is 0 Å². The Hall–Kier alpha value is -2.03. The lowest BCUT2D eigenvalue weighted by Gasteiger charge is -2.08. The van der Waals surface area contributed by atoms with E-state index in [1.54, 1.807) is 7.11 Å². The zero-order valence-corrected chi connectivity index (χ0v) is 11.4. The molecule has 0 saturated heterocycles. The maximum absolute atomic E-state index is 11.8. The summed E-state index contributed by atoms with van der Waals surface area (Å²) < 4.78 is 7.34. The number of benzene rings is 1. The molecule has 0 aliphatic rings. The molecular weight excluding hydrogens is 238 g/mol. The standard InChI is InChI=1S/C16H19NO2/c1-3-6-15(18)13-9-10-17(11-13)12-14-7-4-5-8-16(14)19-2/h4-5,7-11H,3,6,12H2,1-2H3. The summed E-state index contributed by atoms with van der Waals surface area (Å²) in [6.07, 6.45) is 5.34. The Morgan fingerprint density at radius 1 is 1.26 bits per heavy atom. The lowest BCUT2D eigenvalue weighted by atomic mass is 10.1. The largest absolute Gasteiger partial charge is 0.496 e. The Kier molecular flexibility index (Phi) is 4.39. The minimum atomic E-state index is 0.210. The van der Waals surface area contributed by atoms with Gasteiger partial charge in [-0.3, -0.25) is 4.79 Å². The van der Waals surface area contributed by atoms with E-state index < -0.39 is 0 Å². The highest BCUT2D eigenvalue weighted by Gasteiger charge is 2.07. The van der Waals surface area contributed by atoms with Gasteiger partial charge in [-0.15, -0.1) is 0 Å². The molecule has 0 radical (unpaired) electrons. The molecule has 0 atom stereocenters. The monoisotopic (exact) mass is 257 g/mol. The van der Waals surface area contributed by atoms with Crippen LogP contribution in [-0.4, -0.2) is 17.5 Å². The highest BCUT2D eigenvalue weighted by molar-refractivity contribution is 5.95. The summed E-state index contributed by atoms with van der Waals surface area (Å²) in [4.78, 5) is 11.8. The smallest absolute Gasteiger partial charge is 0.164 e. The van der Waals surface area contributed by atoms with E-state index in [1.165, 1.54) is 0 Å². The third-order valence-corrected chi connectivity index (χ3v) is 3.09. The van der Waals surface area contributed by atoms with Crippen molar-refractivity contribution >= 4 is 5.78 Å². The summed E-state index contributed by atoms with van der Waals surface area (Å²) in [7, 11) is 1.67. The summed E-state index contributed by atoms with van der Waals surface area (Å²) in [6.45, 7) is 2.73. The van der Waals surface area contributed by atoms with Crippen molar-refractivity contribution in [2.45, 2.75) is 26.3 Å². The number of carbonyl (C=O) groups is 1. The first-order chi connectivity index (χ1) is 9.24. The SMILES string of the molecule is CCCC(=O)c1ccn(Cc2ccccc2OC)c1. The van der Waals surface area contributed by atoms with E-state index in [2.05, 4.69) is 0 Å². The second-order valence-corrected chi connectivity index (χ2v) is 4.56. The molecule has 0 spiro atoms. The van der Waals surface area contributed by atoms with Crippen molar-refractivity contribution in [3.8, 4) is 5.75 Å². The molecule has 1 heterocycles. The Morgan fingerprint density at radius 2 is 2.05 bits per heavy atom. The Bertz CT molecular complexity index is 557. The van der Waals surface area contributed by atoms with Gasteiger partial charge in [-0.25, -0.2) is 0 Å². The van der Waals surface area contributed by atoms with Gasteiger partial charge in [-0.1, -0.05) is 25.1 Å². The number of nitrogens with zero attached hydrogens (tertiary/aromatic N) is 1. The number of Topliss-reactive ketones (excluding diaryl/α,β-unsaturated/α-hetero) is 1. The number of aromatic nitrogens is 1. The van der Waals surface area contributed by atoms with Gasteiger partial charge in [0.2, 0.25) is 0 Å². The Balaban J connectivity index is 2.13. The molecule has 0 N–H and O–H groups in total. The van der Waals surface area contributed by atoms with E-state index in [1.807, 2.05) is 54.2 Å². The van der Waals surface area contributed by atoms with Crippen LogP contribution in [0, 0.1) is 0 Å². The fraction of sp³-hybridized carbons (Fsp3) is 0.312. The van der Waals surface area contributed by atoms with Gasteiger partial charge in [0.15, 0.2) is 5.78 Å². The lowest BCUT2D eigenvalue weighted by molar-refractivity contribution is 0.0981. The van der Waals surface area contributed by atoms with Crippen LogP contribution in [0.2, 0.25) is 0 Å². The predicted molar refractivity (Wildman–Crippen MR) is 75.8 cm³/mol. The molecule has 0 aliphatic carbocycles. The van der Waals surface area contributed by atoms with Crippen molar-refractivity contribution in [1.82, 2.24) is 4.57 Å². The molecule has 1 aromatic carbocycles. The fourth-order valence-corrected chi connectivity index (χ4v) is 2.11. The summed E-state index contributed by atoms with van der Waals surface area (Å²) in [5.41, 5.74) is 1.90. The van der Waals surface area contributed by atoms with Crippen LogP contribution in [0.5, 0.6) is 5.75 Å². The quantitative estimate of drug-likeness (QED) is 0.741. The highest BCUT2D eigenvalue weighted by Crippen LogP contribution is 2.19. The first-order valence-corrected chi connectivity index (χ1v) is 6.55. The summed E-state index contributed by atoms with van der Waals surface area (Å²) >= 11 is 0. The van der Waals surface area contributed by atoms with Crippen molar-refractivity contribution in [3.05, 3.63) is 53.9 Å². The number of hydrogen-bond donors (Lipinski definition) is 0. The van der Waals surface area contributed by atoms with Gasteiger partial charge < -0.3 is 9.30 Å². The predicted octanol–water partition coefficient (Wildman–Crippen LogP) is 3.53. The molecule has 0 saturated carbocycles. The molecule has 0 amide bonds. The van der Waals surface area contributed by atoms with Crippen molar-refractivity contribution < 1.29 is 9.53 Å². The van der Waals surface area contributed by atoms with Crippen LogP contribution in [0.25, 0.3) is 0 Å². The van der Waals surface area contributed by atoms with E-state index >= 15 is 0 Å². The second kappa shape index (κ2) is 6.23. The van der Waals surface area contributed by atoms with E-state index in [-0.39, 0.29) is 5.78 Å². The minimum Gasteiger partial charge on any atom is -0.496 e. The van der Waals surface area contributed by atoms with Crippen molar-refractivity contribution in [2.24, 2.45) is 0 Å². The van der Waals surface area contributed by atoms with Gasteiger partial charge >= 0.3 is 0 Å². The molecule has 0 fully saturated rings. The summed E-state index contributed by atoms with van der Waals surface area (Å²) in [5, 5.41) is 0. The molecule has 19 heavy (non-hydrogen) atoms. The molecule has 1 aromatic heterocycles.